The second-order valence-electron chi connectivity index (χ2n) is 7.09. The molecule has 0 aliphatic carbocycles. The van der Waals surface area contributed by atoms with Gasteiger partial charge in [-0.05, 0) is 36.6 Å². The number of ether oxygens (including phenoxy) is 1. The third-order valence-corrected chi connectivity index (χ3v) is 5.41. The van der Waals surface area contributed by atoms with E-state index in [0.717, 1.165) is 12.8 Å². The summed E-state index contributed by atoms with van der Waals surface area (Å²) < 4.78 is 7.43. The lowest BCUT2D eigenvalue weighted by atomic mass is 10.1. The minimum atomic E-state index is -1.26. The summed E-state index contributed by atoms with van der Waals surface area (Å²) in [6.45, 7) is 6.54. The number of fused-ring (bicyclic) bond motifs is 1. The van der Waals surface area contributed by atoms with Gasteiger partial charge < -0.3 is 20.3 Å². The van der Waals surface area contributed by atoms with Gasteiger partial charge in [-0.2, -0.15) is 14.8 Å². The van der Waals surface area contributed by atoms with Crippen LogP contribution in [0.2, 0.25) is 5.28 Å². The van der Waals surface area contributed by atoms with E-state index in [1.54, 1.807) is 0 Å². The second kappa shape index (κ2) is 8.38. The molecule has 4 atom stereocenters. The van der Waals surface area contributed by atoms with Crippen LogP contribution in [0.4, 0.5) is 5.82 Å². The van der Waals surface area contributed by atoms with Crippen molar-refractivity contribution >= 4 is 28.6 Å². The molecule has 3 aromatic heterocycles. The smallest absolute Gasteiger partial charge is 0.226 e. The summed E-state index contributed by atoms with van der Waals surface area (Å²) in [7, 11) is 0. The summed E-state index contributed by atoms with van der Waals surface area (Å²) >= 11 is 6.15. The number of hydrogen-bond acceptors (Lipinski definition) is 10. The molecule has 1 fully saturated rings. The quantitative estimate of drug-likeness (QED) is 0.458. The van der Waals surface area contributed by atoms with E-state index < -0.39 is 24.5 Å². The molecule has 162 valence electrons. The number of imidazole rings is 1. The van der Waals surface area contributed by atoms with Crippen molar-refractivity contribution in [3.05, 3.63) is 17.4 Å². The Hall–Kier alpha value is -2.41. The molecule has 3 N–H and O–H groups in total. The monoisotopic (exact) mass is 437 g/mol. The van der Waals surface area contributed by atoms with Crippen LogP contribution in [0.5, 0.6) is 0 Å². The van der Waals surface area contributed by atoms with Gasteiger partial charge in [0.1, 0.15) is 12.2 Å². The van der Waals surface area contributed by atoms with Gasteiger partial charge in [-0.3, -0.25) is 4.57 Å². The number of aliphatic hydroxyl groups is 2. The molecule has 4 rings (SSSR count). The Morgan fingerprint density at radius 1 is 1.20 bits per heavy atom. The standard InChI is InChI=1S/C17H24ClN9O3/c1-4-8(5-2)20-13-9-15(22-17(18)21-13)26(7-19-9)16-11(29)10(28)12(30-16)14-23-25-27(6-3)24-14/h7-8,10-12,16,28-29H,4-6H2,1-3H3,(H,20,21,22)/t10-,11+,12-,16+/m0/s1. The number of nitrogens with one attached hydrogen (secondary N) is 1. The van der Waals surface area contributed by atoms with Crippen LogP contribution in [0.1, 0.15) is 51.8 Å². The molecule has 0 aromatic carbocycles. The Bertz CT molecular complexity index is 1020. The molecule has 1 saturated heterocycles. The summed E-state index contributed by atoms with van der Waals surface area (Å²) in [5.74, 6) is 0.702. The minimum absolute atomic E-state index is 0.0369. The Morgan fingerprint density at radius 2 is 1.97 bits per heavy atom. The highest BCUT2D eigenvalue weighted by Crippen LogP contribution is 2.39. The average Bonchev–Trinajstić information content (AvgIpc) is 3.45. The molecule has 1 aliphatic rings. The molecule has 12 nitrogen and oxygen atoms in total. The van der Waals surface area contributed by atoms with Gasteiger partial charge in [0.05, 0.1) is 12.9 Å². The maximum atomic E-state index is 10.6. The molecule has 4 heterocycles. The molecule has 0 radical (unpaired) electrons. The molecular weight excluding hydrogens is 414 g/mol. The van der Waals surface area contributed by atoms with E-state index in [4.69, 9.17) is 16.3 Å². The molecule has 1 aliphatic heterocycles. The van der Waals surface area contributed by atoms with Crippen molar-refractivity contribution in [3.63, 3.8) is 0 Å². The normalized spacial score (nSPS) is 24.2. The minimum Gasteiger partial charge on any atom is -0.387 e. The molecule has 0 bridgehead atoms. The van der Waals surface area contributed by atoms with Crippen molar-refractivity contribution in [3.8, 4) is 0 Å². The highest BCUT2D eigenvalue weighted by molar-refractivity contribution is 6.28. The van der Waals surface area contributed by atoms with E-state index in [9.17, 15) is 10.2 Å². The largest absolute Gasteiger partial charge is 0.387 e. The fourth-order valence-corrected chi connectivity index (χ4v) is 3.63. The Morgan fingerprint density at radius 3 is 2.63 bits per heavy atom. The van der Waals surface area contributed by atoms with Crippen molar-refractivity contribution in [1.82, 2.24) is 39.7 Å². The van der Waals surface area contributed by atoms with Gasteiger partial charge in [-0.25, -0.2) is 4.98 Å². The van der Waals surface area contributed by atoms with Crippen LogP contribution >= 0.6 is 11.6 Å². The zero-order valence-electron chi connectivity index (χ0n) is 16.8. The number of hydrogen-bond donors (Lipinski definition) is 3. The van der Waals surface area contributed by atoms with E-state index in [2.05, 4.69) is 49.5 Å². The van der Waals surface area contributed by atoms with Crippen LogP contribution in [0, 0.1) is 0 Å². The molecule has 3 aromatic rings. The van der Waals surface area contributed by atoms with Crippen molar-refractivity contribution in [2.45, 2.75) is 70.7 Å². The number of halogens is 1. The molecule has 0 amide bonds. The summed E-state index contributed by atoms with van der Waals surface area (Å²) in [6, 6.07) is 0.205. The third kappa shape index (κ3) is 3.60. The number of aromatic nitrogens is 8. The predicted molar refractivity (Wildman–Crippen MR) is 107 cm³/mol. The first-order chi connectivity index (χ1) is 14.5. The Kier molecular flexibility index (Phi) is 5.82. The second-order valence-corrected chi connectivity index (χ2v) is 7.43. The molecule has 0 unspecified atom stereocenters. The molecule has 0 spiro atoms. The van der Waals surface area contributed by atoms with Gasteiger partial charge in [0.25, 0.3) is 0 Å². The van der Waals surface area contributed by atoms with Gasteiger partial charge in [-0.1, -0.05) is 13.8 Å². The Balaban J connectivity index is 1.68. The topological polar surface area (TPSA) is 149 Å². The van der Waals surface area contributed by atoms with Crippen LogP contribution in [-0.2, 0) is 11.3 Å². The Labute approximate surface area is 177 Å². The number of nitrogens with zero attached hydrogens (tertiary/aromatic N) is 8. The fraction of sp³-hybridized carbons (Fsp3) is 0.647. The SMILES string of the molecule is CCC(CC)Nc1nc(Cl)nc2c1ncn2[C@@H]1O[C@H](c2nnn(CC)n2)[C@@H](O)[C@H]1O. The van der Waals surface area contributed by atoms with Crippen molar-refractivity contribution in [2.75, 3.05) is 5.32 Å². The number of rotatable bonds is 7. The number of tetrazole rings is 1. The van der Waals surface area contributed by atoms with Gasteiger partial charge in [0, 0.05) is 6.04 Å². The molecule has 13 heteroatoms. The van der Waals surface area contributed by atoms with Crippen LogP contribution in [0.15, 0.2) is 6.33 Å². The maximum Gasteiger partial charge on any atom is 0.226 e. The first-order valence-electron chi connectivity index (χ1n) is 9.92. The zero-order valence-corrected chi connectivity index (χ0v) is 17.6. The van der Waals surface area contributed by atoms with Crippen molar-refractivity contribution in [2.24, 2.45) is 0 Å². The van der Waals surface area contributed by atoms with Crippen LogP contribution in [0.3, 0.4) is 0 Å². The number of anilines is 1. The fourth-order valence-electron chi connectivity index (χ4n) is 3.47. The predicted octanol–water partition coefficient (Wildman–Crippen LogP) is 1.08. The van der Waals surface area contributed by atoms with Crippen molar-refractivity contribution < 1.29 is 14.9 Å². The van der Waals surface area contributed by atoms with Gasteiger partial charge >= 0.3 is 0 Å². The average molecular weight is 438 g/mol. The van der Waals surface area contributed by atoms with Crippen molar-refractivity contribution in [1.29, 1.82) is 0 Å². The lowest BCUT2D eigenvalue weighted by Gasteiger charge is -2.18. The highest BCUT2D eigenvalue weighted by atomic mass is 35.5. The summed E-state index contributed by atoms with van der Waals surface area (Å²) in [4.78, 5) is 14.3. The maximum absolute atomic E-state index is 10.6. The first kappa shape index (κ1) is 20.8. The molecule has 30 heavy (non-hydrogen) atoms. The zero-order chi connectivity index (χ0) is 21.4. The highest BCUT2D eigenvalue weighted by Gasteiger charge is 2.47. The molecular formula is C17H24ClN9O3. The number of aryl methyl sites for hydroxylation is 1. The first-order valence-corrected chi connectivity index (χ1v) is 10.3. The van der Waals surface area contributed by atoms with Crippen LogP contribution in [-0.4, -0.2) is 68.2 Å². The lowest BCUT2D eigenvalue weighted by Crippen LogP contribution is -2.29. The van der Waals surface area contributed by atoms with E-state index in [1.807, 2.05) is 6.92 Å². The van der Waals surface area contributed by atoms with Crippen LogP contribution in [0.25, 0.3) is 11.2 Å². The van der Waals surface area contributed by atoms with Gasteiger partial charge in [0.2, 0.25) is 11.1 Å². The van der Waals surface area contributed by atoms with E-state index in [-0.39, 0.29) is 17.1 Å². The van der Waals surface area contributed by atoms with Crippen LogP contribution < -0.4 is 5.32 Å². The van der Waals surface area contributed by atoms with E-state index >= 15 is 0 Å². The van der Waals surface area contributed by atoms with E-state index in [0.29, 0.717) is 23.5 Å². The number of aliphatic hydroxyl groups excluding tert-OH is 2. The summed E-state index contributed by atoms with van der Waals surface area (Å²) in [6.07, 6.45) is -1.12. The van der Waals surface area contributed by atoms with E-state index in [1.165, 1.54) is 15.7 Å². The summed E-state index contributed by atoms with van der Waals surface area (Å²) in [5.41, 5.74) is 0.876. The lowest BCUT2D eigenvalue weighted by molar-refractivity contribution is -0.0384. The van der Waals surface area contributed by atoms with Gasteiger partial charge in [-0.15, -0.1) is 10.2 Å². The molecule has 0 saturated carbocycles. The summed E-state index contributed by atoms with van der Waals surface area (Å²) in [5, 5.41) is 36.5. The van der Waals surface area contributed by atoms with Gasteiger partial charge in [0.15, 0.2) is 29.3 Å². The third-order valence-electron chi connectivity index (χ3n) is 5.24.